The lowest BCUT2D eigenvalue weighted by molar-refractivity contribution is -0.136. The van der Waals surface area contributed by atoms with E-state index < -0.39 is 17.4 Å². The van der Waals surface area contributed by atoms with Gasteiger partial charge in [-0.2, -0.15) is 0 Å². The molecule has 1 aliphatic carbocycles. The van der Waals surface area contributed by atoms with Gasteiger partial charge in [-0.05, 0) is 55.9 Å². The molecule has 0 radical (unpaired) electrons. The fourth-order valence-electron chi connectivity index (χ4n) is 3.71. The number of fused-ring (bicyclic) bond motifs is 1. The van der Waals surface area contributed by atoms with E-state index in [1.807, 2.05) is 57.2 Å². The molecular formula is C21H24N2O3. The van der Waals surface area contributed by atoms with Crippen LogP contribution in [0.3, 0.4) is 0 Å². The van der Waals surface area contributed by atoms with E-state index in [4.69, 9.17) is 0 Å². The van der Waals surface area contributed by atoms with Gasteiger partial charge >= 0.3 is 11.8 Å². The van der Waals surface area contributed by atoms with E-state index in [0.717, 1.165) is 34.2 Å². The Morgan fingerprint density at radius 1 is 1.08 bits per heavy atom. The first-order valence-corrected chi connectivity index (χ1v) is 8.78. The summed E-state index contributed by atoms with van der Waals surface area (Å²) < 4.78 is 0. The number of rotatable bonds is 3. The van der Waals surface area contributed by atoms with Gasteiger partial charge in [0.15, 0.2) is 0 Å². The molecule has 1 atom stereocenters. The third-order valence-electron chi connectivity index (χ3n) is 4.99. The number of hydrogen-bond donors (Lipinski definition) is 3. The highest BCUT2D eigenvalue weighted by Gasteiger charge is 2.37. The molecule has 0 saturated carbocycles. The second-order valence-corrected chi connectivity index (χ2v) is 7.10. The van der Waals surface area contributed by atoms with E-state index in [1.165, 1.54) is 0 Å². The average molecular weight is 352 g/mol. The van der Waals surface area contributed by atoms with Gasteiger partial charge in [-0.15, -0.1) is 0 Å². The van der Waals surface area contributed by atoms with Crippen LogP contribution in [0.2, 0.25) is 0 Å². The number of aryl methyl sites for hydroxylation is 4. The largest absolute Gasteiger partial charge is 0.383 e. The minimum absolute atomic E-state index is 0.0160. The van der Waals surface area contributed by atoms with Gasteiger partial charge in [0, 0.05) is 5.69 Å². The first kappa shape index (κ1) is 18.1. The molecule has 0 aliphatic heterocycles. The van der Waals surface area contributed by atoms with Crippen LogP contribution in [0, 0.1) is 20.8 Å². The Morgan fingerprint density at radius 3 is 2.42 bits per heavy atom. The maximum Gasteiger partial charge on any atom is 0.313 e. The highest BCUT2D eigenvalue weighted by molar-refractivity contribution is 6.39. The molecule has 0 bridgehead atoms. The highest BCUT2D eigenvalue weighted by Crippen LogP contribution is 2.36. The summed E-state index contributed by atoms with van der Waals surface area (Å²) >= 11 is 0. The van der Waals surface area contributed by atoms with Gasteiger partial charge < -0.3 is 15.7 Å². The number of anilines is 1. The smallest absolute Gasteiger partial charge is 0.313 e. The second kappa shape index (κ2) is 6.92. The summed E-state index contributed by atoms with van der Waals surface area (Å²) in [6.07, 6.45) is 1.29. The number of amides is 2. The van der Waals surface area contributed by atoms with Crippen LogP contribution in [0.15, 0.2) is 36.4 Å². The summed E-state index contributed by atoms with van der Waals surface area (Å²) in [6, 6.07) is 11.6. The predicted molar refractivity (Wildman–Crippen MR) is 101 cm³/mol. The van der Waals surface area contributed by atoms with Crippen LogP contribution in [-0.2, 0) is 21.6 Å². The Bertz CT molecular complexity index is 852. The van der Waals surface area contributed by atoms with Crippen molar-refractivity contribution in [1.29, 1.82) is 0 Å². The molecule has 2 aromatic rings. The molecule has 136 valence electrons. The van der Waals surface area contributed by atoms with E-state index in [2.05, 4.69) is 10.6 Å². The molecule has 5 nitrogen and oxygen atoms in total. The van der Waals surface area contributed by atoms with Gasteiger partial charge in [0.25, 0.3) is 0 Å². The Morgan fingerprint density at radius 2 is 1.73 bits per heavy atom. The van der Waals surface area contributed by atoms with E-state index in [0.29, 0.717) is 12.1 Å². The molecule has 1 unspecified atom stereocenters. The van der Waals surface area contributed by atoms with Crippen molar-refractivity contribution in [3.63, 3.8) is 0 Å². The van der Waals surface area contributed by atoms with Crippen molar-refractivity contribution in [2.75, 3.05) is 11.9 Å². The highest BCUT2D eigenvalue weighted by atomic mass is 16.3. The Balaban J connectivity index is 1.65. The van der Waals surface area contributed by atoms with Crippen molar-refractivity contribution >= 4 is 17.5 Å². The van der Waals surface area contributed by atoms with E-state index in [1.54, 1.807) is 0 Å². The maximum absolute atomic E-state index is 12.3. The zero-order valence-electron chi connectivity index (χ0n) is 15.3. The molecule has 0 spiro atoms. The zero-order valence-corrected chi connectivity index (χ0v) is 15.3. The lowest BCUT2D eigenvalue weighted by atomic mass is 9.96. The summed E-state index contributed by atoms with van der Waals surface area (Å²) in [5, 5.41) is 16.1. The summed E-state index contributed by atoms with van der Waals surface area (Å²) in [5.41, 5.74) is 4.36. The first-order valence-electron chi connectivity index (χ1n) is 8.78. The fraction of sp³-hybridized carbons (Fsp3) is 0.333. The van der Waals surface area contributed by atoms with Crippen molar-refractivity contribution in [1.82, 2.24) is 5.32 Å². The van der Waals surface area contributed by atoms with Gasteiger partial charge in [0.05, 0.1) is 6.54 Å². The van der Waals surface area contributed by atoms with Crippen LogP contribution in [0.5, 0.6) is 0 Å². The topological polar surface area (TPSA) is 78.4 Å². The molecule has 1 aliphatic rings. The molecule has 26 heavy (non-hydrogen) atoms. The van der Waals surface area contributed by atoms with Gasteiger partial charge in [-0.25, -0.2) is 0 Å². The maximum atomic E-state index is 12.3. The third kappa shape index (κ3) is 3.48. The van der Waals surface area contributed by atoms with Crippen LogP contribution >= 0.6 is 0 Å². The molecule has 2 aromatic carbocycles. The van der Waals surface area contributed by atoms with Crippen LogP contribution in [0.25, 0.3) is 0 Å². The Labute approximate surface area is 153 Å². The van der Waals surface area contributed by atoms with Gasteiger partial charge in [-0.1, -0.05) is 42.0 Å². The van der Waals surface area contributed by atoms with Crippen LogP contribution < -0.4 is 10.6 Å². The SMILES string of the molecule is Cc1cc(C)c(NC(=O)C(=O)NCC2(O)CCc3ccccc32)c(C)c1. The third-order valence-corrected chi connectivity index (χ3v) is 4.99. The van der Waals surface area contributed by atoms with Crippen LogP contribution in [0.1, 0.15) is 34.2 Å². The number of carbonyl (C=O) groups is 2. The van der Waals surface area contributed by atoms with E-state index >= 15 is 0 Å². The number of carbonyl (C=O) groups excluding carboxylic acids is 2. The molecule has 0 fully saturated rings. The molecule has 5 heteroatoms. The Hall–Kier alpha value is -2.66. The zero-order chi connectivity index (χ0) is 18.9. The number of aliphatic hydroxyl groups is 1. The molecule has 3 N–H and O–H groups in total. The molecule has 2 amide bonds. The van der Waals surface area contributed by atoms with E-state index in [-0.39, 0.29) is 6.54 Å². The van der Waals surface area contributed by atoms with Crippen molar-refractivity contribution in [3.8, 4) is 0 Å². The van der Waals surface area contributed by atoms with Crippen LogP contribution in [0.4, 0.5) is 5.69 Å². The second-order valence-electron chi connectivity index (χ2n) is 7.10. The van der Waals surface area contributed by atoms with Crippen molar-refractivity contribution < 1.29 is 14.7 Å². The lowest BCUT2D eigenvalue weighted by Gasteiger charge is -2.24. The average Bonchev–Trinajstić information content (AvgIpc) is 2.94. The Kier molecular flexibility index (Phi) is 4.83. The predicted octanol–water partition coefficient (Wildman–Crippen LogP) is 2.50. The number of hydrogen-bond acceptors (Lipinski definition) is 3. The van der Waals surface area contributed by atoms with Gasteiger partial charge in [-0.3, -0.25) is 9.59 Å². The summed E-state index contributed by atoms with van der Waals surface area (Å²) in [6.45, 7) is 5.79. The number of benzene rings is 2. The first-order chi connectivity index (χ1) is 12.3. The number of nitrogens with one attached hydrogen (secondary N) is 2. The molecular weight excluding hydrogens is 328 g/mol. The molecule has 3 rings (SSSR count). The minimum atomic E-state index is -1.12. The standard InChI is InChI=1S/C21H24N2O3/c1-13-10-14(2)18(15(3)11-13)23-20(25)19(24)22-12-21(26)9-8-16-6-4-5-7-17(16)21/h4-7,10-11,26H,8-9,12H2,1-3H3,(H,22,24)(H,23,25). The van der Waals surface area contributed by atoms with Gasteiger partial charge in [0.1, 0.15) is 5.60 Å². The van der Waals surface area contributed by atoms with Crippen LogP contribution in [-0.4, -0.2) is 23.5 Å². The fourth-order valence-corrected chi connectivity index (χ4v) is 3.71. The van der Waals surface area contributed by atoms with Crippen molar-refractivity contribution in [2.24, 2.45) is 0 Å². The summed E-state index contributed by atoms with van der Waals surface area (Å²) in [5.74, 6) is -1.47. The monoisotopic (exact) mass is 352 g/mol. The molecule has 0 saturated heterocycles. The summed E-state index contributed by atoms with van der Waals surface area (Å²) in [4.78, 5) is 24.5. The minimum Gasteiger partial charge on any atom is -0.383 e. The molecule has 0 heterocycles. The van der Waals surface area contributed by atoms with E-state index in [9.17, 15) is 14.7 Å². The lowest BCUT2D eigenvalue weighted by Crippen LogP contribution is -2.43. The van der Waals surface area contributed by atoms with Crippen molar-refractivity contribution in [2.45, 2.75) is 39.2 Å². The molecule has 0 aromatic heterocycles. The van der Waals surface area contributed by atoms with Crippen molar-refractivity contribution in [3.05, 3.63) is 64.2 Å². The quantitative estimate of drug-likeness (QED) is 0.743. The normalized spacial score (nSPS) is 18.3. The summed E-state index contributed by atoms with van der Waals surface area (Å²) in [7, 11) is 0. The van der Waals surface area contributed by atoms with Gasteiger partial charge in [0.2, 0.25) is 0 Å².